The summed E-state index contributed by atoms with van der Waals surface area (Å²) < 4.78 is 13.3. The maximum atomic E-state index is 13.3. The number of nitrogens with one attached hydrogen (secondary N) is 2. The molecule has 0 aromatic heterocycles. The molecule has 6 heteroatoms. The van der Waals surface area contributed by atoms with Gasteiger partial charge in [-0.2, -0.15) is 0 Å². The summed E-state index contributed by atoms with van der Waals surface area (Å²) in [5.74, 6) is -1.07. The van der Waals surface area contributed by atoms with Crippen LogP contribution in [0.3, 0.4) is 0 Å². The molecule has 0 aliphatic heterocycles. The van der Waals surface area contributed by atoms with Gasteiger partial charge < -0.3 is 10.6 Å². The molecule has 0 bridgehead atoms. The Labute approximate surface area is 111 Å². The van der Waals surface area contributed by atoms with Crippen molar-refractivity contribution in [1.29, 1.82) is 0 Å². The number of halogens is 3. The van der Waals surface area contributed by atoms with E-state index in [0.29, 0.717) is 6.54 Å². The van der Waals surface area contributed by atoms with Crippen LogP contribution in [-0.4, -0.2) is 26.0 Å². The minimum absolute atomic E-state index is 0. The highest BCUT2D eigenvalue weighted by Crippen LogP contribution is 2.18. The number of hydrogen-bond donors (Lipinski definition) is 2. The molecular formula is C11H15Cl2FN2O. The summed E-state index contributed by atoms with van der Waals surface area (Å²) >= 11 is 5.75. The molecule has 0 spiro atoms. The number of benzene rings is 1. The normalized spacial score (nSPS) is 9.59. The zero-order valence-corrected chi connectivity index (χ0v) is 11.0. The maximum Gasteiger partial charge on any atom is 0.255 e. The van der Waals surface area contributed by atoms with Crippen LogP contribution >= 0.6 is 24.0 Å². The van der Waals surface area contributed by atoms with Gasteiger partial charge in [-0.1, -0.05) is 17.7 Å². The third-order valence-corrected chi connectivity index (χ3v) is 2.39. The van der Waals surface area contributed by atoms with E-state index in [4.69, 9.17) is 11.6 Å². The van der Waals surface area contributed by atoms with Crippen LogP contribution in [0.4, 0.5) is 4.39 Å². The topological polar surface area (TPSA) is 41.1 Å². The van der Waals surface area contributed by atoms with Gasteiger partial charge in [0.15, 0.2) is 0 Å². The molecule has 1 aromatic rings. The van der Waals surface area contributed by atoms with Gasteiger partial charge in [0.2, 0.25) is 0 Å². The maximum absolute atomic E-state index is 13.3. The minimum atomic E-state index is -0.599. The third-order valence-electron chi connectivity index (χ3n) is 2.08. The van der Waals surface area contributed by atoms with Gasteiger partial charge in [0.1, 0.15) is 5.82 Å². The summed E-state index contributed by atoms with van der Waals surface area (Å²) in [6.45, 7) is 1.29. The highest BCUT2D eigenvalue weighted by molar-refractivity contribution is 6.33. The predicted molar refractivity (Wildman–Crippen MR) is 69.5 cm³/mol. The lowest BCUT2D eigenvalue weighted by molar-refractivity contribution is 0.0949. The molecule has 0 fully saturated rings. The smallest absolute Gasteiger partial charge is 0.255 e. The fourth-order valence-electron chi connectivity index (χ4n) is 1.27. The van der Waals surface area contributed by atoms with Crippen molar-refractivity contribution in [1.82, 2.24) is 10.6 Å². The fraction of sp³-hybridized carbons (Fsp3) is 0.364. The first kappa shape index (κ1) is 16.2. The second-order valence-corrected chi connectivity index (χ2v) is 3.72. The molecule has 1 amide bonds. The van der Waals surface area contributed by atoms with Crippen molar-refractivity contribution in [3.63, 3.8) is 0 Å². The van der Waals surface area contributed by atoms with E-state index >= 15 is 0 Å². The standard InChI is InChI=1S/C11H14ClFN2O.ClH/c1-14-6-3-7-15-11(16)10-8(12)4-2-5-9(10)13;/h2,4-5,14H,3,6-7H2,1H3,(H,15,16);1H. The van der Waals surface area contributed by atoms with E-state index in [0.717, 1.165) is 13.0 Å². The van der Waals surface area contributed by atoms with Gasteiger partial charge in [0.25, 0.3) is 5.91 Å². The quantitative estimate of drug-likeness (QED) is 0.813. The van der Waals surface area contributed by atoms with Crippen molar-refractivity contribution in [3.8, 4) is 0 Å². The highest BCUT2D eigenvalue weighted by Gasteiger charge is 2.14. The molecule has 17 heavy (non-hydrogen) atoms. The molecule has 96 valence electrons. The van der Waals surface area contributed by atoms with Crippen LogP contribution in [0.25, 0.3) is 0 Å². The van der Waals surface area contributed by atoms with Crippen molar-refractivity contribution < 1.29 is 9.18 Å². The van der Waals surface area contributed by atoms with E-state index in [1.54, 1.807) is 0 Å². The monoisotopic (exact) mass is 280 g/mol. The number of hydrogen-bond acceptors (Lipinski definition) is 2. The van der Waals surface area contributed by atoms with E-state index in [-0.39, 0.29) is 23.0 Å². The second-order valence-electron chi connectivity index (χ2n) is 3.31. The van der Waals surface area contributed by atoms with Crippen LogP contribution in [0, 0.1) is 5.82 Å². The molecule has 0 radical (unpaired) electrons. The number of amides is 1. The Morgan fingerprint density at radius 1 is 1.41 bits per heavy atom. The molecule has 3 nitrogen and oxygen atoms in total. The molecule has 1 rings (SSSR count). The van der Waals surface area contributed by atoms with Gasteiger partial charge in [-0.05, 0) is 32.1 Å². The number of rotatable bonds is 5. The fourth-order valence-corrected chi connectivity index (χ4v) is 1.52. The van der Waals surface area contributed by atoms with Gasteiger partial charge in [-0.3, -0.25) is 4.79 Å². The molecule has 0 aliphatic carbocycles. The Balaban J connectivity index is 0.00000256. The lowest BCUT2D eigenvalue weighted by Crippen LogP contribution is -2.27. The third kappa shape index (κ3) is 4.89. The average Bonchev–Trinajstić information content (AvgIpc) is 2.24. The minimum Gasteiger partial charge on any atom is -0.352 e. The summed E-state index contributed by atoms with van der Waals surface area (Å²) in [6.07, 6.45) is 0.786. The van der Waals surface area contributed by atoms with Crippen LogP contribution < -0.4 is 10.6 Å². The number of carbonyl (C=O) groups excluding carboxylic acids is 1. The first-order valence-electron chi connectivity index (χ1n) is 5.03. The summed E-state index contributed by atoms with van der Waals surface area (Å²) in [6, 6.07) is 4.18. The molecule has 0 saturated carbocycles. The Kier molecular flexibility index (Phi) is 7.87. The van der Waals surface area contributed by atoms with Crippen LogP contribution in [0.15, 0.2) is 18.2 Å². The summed E-state index contributed by atoms with van der Waals surface area (Å²) in [5.41, 5.74) is -0.0892. The molecular weight excluding hydrogens is 266 g/mol. The zero-order chi connectivity index (χ0) is 12.0. The van der Waals surface area contributed by atoms with Crippen molar-refractivity contribution in [2.45, 2.75) is 6.42 Å². The molecule has 0 heterocycles. The van der Waals surface area contributed by atoms with Crippen LogP contribution in [-0.2, 0) is 0 Å². The Bertz CT molecular complexity index is 354. The highest BCUT2D eigenvalue weighted by atomic mass is 35.5. The van der Waals surface area contributed by atoms with E-state index in [9.17, 15) is 9.18 Å². The van der Waals surface area contributed by atoms with E-state index in [1.807, 2.05) is 7.05 Å². The lowest BCUT2D eigenvalue weighted by atomic mass is 10.2. The van der Waals surface area contributed by atoms with Crippen molar-refractivity contribution in [2.75, 3.05) is 20.1 Å². The first-order chi connectivity index (χ1) is 7.66. The molecule has 0 atom stereocenters. The Morgan fingerprint density at radius 3 is 2.71 bits per heavy atom. The van der Waals surface area contributed by atoms with Crippen LogP contribution in [0.2, 0.25) is 5.02 Å². The van der Waals surface area contributed by atoms with Crippen molar-refractivity contribution in [2.24, 2.45) is 0 Å². The van der Waals surface area contributed by atoms with Gasteiger partial charge in [-0.25, -0.2) is 4.39 Å². The Morgan fingerprint density at radius 2 is 2.12 bits per heavy atom. The van der Waals surface area contributed by atoms with Gasteiger partial charge >= 0.3 is 0 Å². The largest absolute Gasteiger partial charge is 0.352 e. The molecule has 1 aromatic carbocycles. The summed E-state index contributed by atoms with van der Waals surface area (Å²) in [4.78, 5) is 11.6. The van der Waals surface area contributed by atoms with E-state index in [2.05, 4.69) is 10.6 Å². The average molecular weight is 281 g/mol. The van der Waals surface area contributed by atoms with E-state index in [1.165, 1.54) is 18.2 Å². The Hall–Kier alpha value is -0.840. The number of carbonyl (C=O) groups is 1. The first-order valence-corrected chi connectivity index (χ1v) is 5.41. The predicted octanol–water partition coefficient (Wildman–Crippen LogP) is 2.24. The summed E-state index contributed by atoms with van der Waals surface area (Å²) in [7, 11) is 1.83. The van der Waals surface area contributed by atoms with E-state index < -0.39 is 11.7 Å². The lowest BCUT2D eigenvalue weighted by Gasteiger charge is -2.07. The summed E-state index contributed by atoms with van der Waals surface area (Å²) in [5, 5.41) is 5.70. The van der Waals surface area contributed by atoms with Crippen LogP contribution in [0.5, 0.6) is 0 Å². The second kappa shape index (κ2) is 8.28. The molecule has 0 saturated heterocycles. The van der Waals surface area contributed by atoms with Crippen LogP contribution in [0.1, 0.15) is 16.8 Å². The van der Waals surface area contributed by atoms with Crippen molar-refractivity contribution >= 4 is 29.9 Å². The SMILES string of the molecule is CNCCCNC(=O)c1c(F)cccc1Cl.Cl. The molecule has 0 aliphatic rings. The van der Waals surface area contributed by atoms with Gasteiger partial charge in [-0.15, -0.1) is 12.4 Å². The van der Waals surface area contributed by atoms with Crippen molar-refractivity contribution in [3.05, 3.63) is 34.6 Å². The molecule has 0 unspecified atom stereocenters. The van der Waals surface area contributed by atoms with Gasteiger partial charge in [0, 0.05) is 6.54 Å². The molecule has 2 N–H and O–H groups in total. The van der Waals surface area contributed by atoms with Gasteiger partial charge in [0.05, 0.1) is 10.6 Å². The zero-order valence-electron chi connectivity index (χ0n) is 9.43.